The monoisotopic (exact) mass is 237 g/mol. The largest absolute Gasteiger partial charge is 0.329 e. The molecule has 2 heterocycles. The van der Waals surface area contributed by atoms with E-state index in [9.17, 15) is 0 Å². The topological polar surface area (TPSA) is 50.3 Å². The van der Waals surface area contributed by atoms with Crippen LogP contribution in [-0.2, 0) is 13.5 Å². The minimum Gasteiger partial charge on any atom is -0.329 e. The van der Waals surface area contributed by atoms with Gasteiger partial charge in [-0.25, -0.2) is 0 Å². The lowest BCUT2D eigenvalue weighted by molar-refractivity contribution is 0.136. The Hall–Kier alpha value is -0.910. The van der Waals surface area contributed by atoms with Gasteiger partial charge in [0.2, 0.25) is 0 Å². The summed E-state index contributed by atoms with van der Waals surface area (Å²) >= 11 is 0. The summed E-state index contributed by atoms with van der Waals surface area (Å²) in [6, 6.07) is 0. The molecule has 0 radical (unpaired) electrons. The minimum absolute atomic E-state index is 0.773. The highest BCUT2D eigenvalue weighted by molar-refractivity contribution is 5.04. The lowest BCUT2D eigenvalue weighted by atomic mass is 10.2. The van der Waals surface area contributed by atoms with E-state index in [2.05, 4.69) is 21.1 Å². The summed E-state index contributed by atoms with van der Waals surface area (Å²) in [5.74, 6) is 0. The number of hydrogen-bond donors (Lipinski definition) is 1. The lowest BCUT2D eigenvalue weighted by Gasteiger charge is -2.34. The van der Waals surface area contributed by atoms with Crippen LogP contribution in [0.15, 0.2) is 12.4 Å². The maximum atomic E-state index is 5.57. The highest BCUT2D eigenvalue weighted by Crippen LogP contribution is 2.04. The van der Waals surface area contributed by atoms with E-state index in [1.165, 1.54) is 18.7 Å². The Morgan fingerprint density at radius 1 is 1.18 bits per heavy atom. The normalized spacial score (nSPS) is 18.7. The van der Waals surface area contributed by atoms with Crippen molar-refractivity contribution in [3.63, 3.8) is 0 Å². The van der Waals surface area contributed by atoms with Gasteiger partial charge in [-0.2, -0.15) is 5.10 Å². The third kappa shape index (κ3) is 3.80. The first kappa shape index (κ1) is 12.5. The summed E-state index contributed by atoms with van der Waals surface area (Å²) in [6.45, 7) is 7.60. The summed E-state index contributed by atoms with van der Waals surface area (Å²) in [4.78, 5) is 4.97. The van der Waals surface area contributed by atoms with Crippen molar-refractivity contribution in [1.82, 2.24) is 19.6 Å². The molecular formula is C12H23N5. The quantitative estimate of drug-likeness (QED) is 0.753. The van der Waals surface area contributed by atoms with Gasteiger partial charge in [0.1, 0.15) is 0 Å². The molecule has 1 fully saturated rings. The molecule has 1 aliphatic rings. The Balaban J connectivity index is 1.68. The second kappa shape index (κ2) is 6.14. The number of hydrogen-bond acceptors (Lipinski definition) is 4. The molecule has 0 amide bonds. The molecule has 0 aromatic carbocycles. The number of nitrogens with zero attached hydrogens (tertiary/aromatic N) is 4. The fraction of sp³-hybridized carbons (Fsp3) is 0.750. The number of piperazine rings is 1. The Kier molecular flexibility index (Phi) is 4.53. The molecule has 1 aliphatic heterocycles. The summed E-state index contributed by atoms with van der Waals surface area (Å²) in [5, 5.41) is 4.19. The minimum atomic E-state index is 0.773. The Morgan fingerprint density at radius 3 is 2.35 bits per heavy atom. The number of aromatic nitrogens is 2. The highest BCUT2D eigenvalue weighted by Gasteiger charge is 2.15. The van der Waals surface area contributed by atoms with E-state index < -0.39 is 0 Å². The van der Waals surface area contributed by atoms with Crippen LogP contribution in [0.3, 0.4) is 0 Å². The number of rotatable bonds is 5. The van der Waals surface area contributed by atoms with Gasteiger partial charge in [0.15, 0.2) is 0 Å². The average molecular weight is 237 g/mol. The van der Waals surface area contributed by atoms with E-state index in [1.807, 2.05) is 17.9 Å². The molecule has 5 heteroatoms. The van der Waals surface area contributed by atoms with Crippen molar-refractivity contribution >= 4 is 0 Å². The van der Waals surface area contributed by atoms with Crippen LogP contribution in [-0.4, -0.2) is 65.4 Å². The average Bonchev–Trinajstić information content (AvgIpc) is 2.75. The highest BCUT2D eigenvalue weighted by atomic mass is 15.3. The first-order valence-electron chi connectivity index (χ1n) is 6.40. The molecule has 0 unspecified atom stereocenters. The molecule has 2 N–H and O–H groups in total. The number of aryl methyl sites for hydroxylation is 1. The van der Waals surface area contributed by atoms with Gasteiger partial charge in [-0.05, 0) is 12.0 Å². The Morgan fingerprint density at radius 2 is 1.82 bits per heavy atom. The predicted molar refractivity (Wildman–Crippen MR) is 68.8 cm³/mol. The molecule has 5 nitrogen and oxygen atoms in total. The standard InChI is InChI=1S/C12H23N5/c1-15-11-12(10-14-15)2-4-16-6-8-17(5-3-13)9-7-16/h10-11H,2-9,13H2,1H3. The van der Waals surface area contributed by atoms with E-state index in [0.29, 0.717) is 0 Å². The van der Waals surface area contributed by atoms with Gasteiger partial charge in [0.25, 0.3) is 0 Å². The van der Waals surface area contributed by atoms with Crippen molar-refractivity contribution in [2.45, 2.75) is 6.42 Å². The maximum absolute atomic E-state index is 5.57. The fourth-order valence-corrected chi connectivity index (χ4v) is 2.31. The van der Waals surface area contributed by atoms with Crippen molar-refractivity contribution in [3.05, 3.63) is 18.0 Å². The number of nitrogens with two attached hydrogens (primary N) is 1. The zero-order chi connectivity index (χ0) is 12.1. The van der Waals surface area contributed by atoms with Crippen LogP contribution < -0.4 is 5.73 Å². The van der Waals surface area contributed by atoms with Gasteiger partial charge in [-0.15, -0.1) is 0 Å². The van der Waals surface area contributed by atoms with Crippen LogP contribution in [0.4, 0.5) is 0 Å². The summed E-state index contributed by atoms with van der Waals surface area (Å²) < 4.78 is 1.87. The van der Waals surface area contributed by atoms with Gasteiger partial charge in [-0.3, -0.25) is 9.58 Å². The third-order valence-electron chi connectivity index (χ3n) is 3.39. The van der Waals surface area contributed by atoms with Crippen LogP contribution in [0, 0.1) is 0 Å². The molecule has 1 saturated heterocycles. The van der Waals surface area contributed by atoms with Crippen molar-refractivity contribution in [3.8, 4) is 0 Å². The van der Waals surface area contributed by atoms with Crippen LogP contribution in [0.5, 0.6) is 0 Å². The van der Waals surface area contributed by atoms with E-state index in [1.54, 1.807) is 0 Å². The van der Waals surface area contributed by atoms with Crippen LogP contribution >= 0.6 is 0 Å². The van der Waals surface area contributed by atoms with E-state index in [4.69, 9.17) is 5.73 Å². The first-order valence-corrected chi connectivity index (χ1v) is 6.40. The van der Waals surface area contributed by atoms with Crippen molar-refractivity contribution in [2.75, 3.05) is 45.8 Å². The summed E-state index contributed by atoms with van der Waals surface area (Å²) in [7, 11) is 1.97. The molecule has 0 atom stereocenters. The fourth-order valence-electron chi connectivity index (χ4n) is 2.31. The zero-order valence-corrected chi connectivity index (χ0v) is 10.7. The smallest absolute Gasteiger partial charge is 0.0522 e. The van der Waals surface area contributed by atoms with Gasteiger partial charge in [0, 0.05) is 59.1 Å². The maximum Gasteiger partial charge on any atom is 0.0522 e. The lowest BCUT2D eigenvalue weighted by Crippen LogP contribution is -2.48. The summed E-state index contributed by atoms with van der Waals surface area (Å²) in [6.07, 6.45) is 5.17. The van der Waals surface area contributed by atoms with Crippen molar-refractivity contribution in [2.24, 2.45) is 12.8 Å². The van der Waals surface area contributed by atoms with E-state index in [-0.39, 0.29) is 0 Å². The van der Waals surface area contributed by atoms with Gasteiger partial charge in [-0.1, -0.05) is 0 Å². The molecule has 0 saturated carbocycles. The van der Waals surface area contributed by atoms with Crippen LogP contribution in [0.2, 0.25) is 0 Å². The molecule has 0 aliphatic carbocycles. The van der Waals surface area contributed by atoms with Gasteiger partial charge < -0.3 is 10.6 Å². The van der Waals surface area contributed by atoms with Gasteiger partial charge >= 0.3 is 0 Å². The van der Waals surface area contributed by atoms with E-state index in [0.717, 1.165) is 39.1 Å². The van der Waals surface area contributed by atoms with Crippen LogP contribution in [0.1, 0.15) is 5.56 Å². The van der Waals surface area contributed by atoms with Crippen molar-refractivity contribution < 1.29 is 0 Å². The van der Waals surface area contributed by atoms with Crippen LogP contribution in [0.25, 0.3) is 0 Å². The zero-order valence-electron chi connectivity index (χ0n) is 10.7. The Labute approximate surface area is 103 Å². The molecule has 17 heavy (non-hydrogen) atoms. The SMILES string of the molecule is Cn1cc(CCN2CCN(CCN)CC2)cn1. The molecule has 2 rings (SSSR count). The molecule has 1 aromatic rings. The molecule has 0 bridgehead atoms. The van der Waals surface area contributed by atoms with E-state index >= 15 is 0 Å². The summed E-state index contributed by atoms with van der Waals surface area (Å²) in [5.41, 5.74) is 6.90. The van der Waals surface area contributed by atoms with Crippen molar-refractivity contribution in [1.29, 1.82) is 0 Å². The Bertz CT molecular complexity index is 327. The second-order valence-corrected chi connectivity index (χ2v) is 4.74. The molecule has 0 spiro atoms. The van der Waals surface area contributed by atoms with Gasteiger partial charge in [0.05, 0.1) is 6.20 Å². The first-order chi connectivity index (χ1) is 8.28. The molecule has 96 valence electrons. The molecule has 1 aromatic heterocycles. The third-order valence-corrected chi connectivity index (χ3v) is 3.39. The second-order valence-electron chi connectivity index (χ2n) is 4.74. The molecular weight excluding hydrogens is 214 g/mol. The predicted octanol–water partition coefficient (Wildman–Crippen LogP) is -0.461.